The third kappa shape index (κ3) is 48.0. The molecule has 352 valence electrons. The Morgan fingerprint density at radius 1 is 0.328 bits per heavy atom. The van der Waals surface area contributed by atoms with E-state index in [1.54, 1.807) is 0 Å². The van der Waals surface area contributed by atoms with Crippen molar-refractivity contribution in [3.05, 3.63) is 60.8 Å². The minimum atomic E-state index is -0.796. The third-order valence-electron chi connectivity index (χ3n) is 11.0. The molecular formula is C55H96O6. The van der Waals surface area contributed by atoms with Crippen LogP contribution in [0.15, 0.2) is 60.8 Å². The van der Waals surface area contributed by atoms with E-state index in [1.807, 2.05) is 0 Å². The van der Waals surface area contributed by atoms with Crippen LogP contribution >= 0.6 is 0 Å². The van der Waals surface area contributed by atoms with Crippen molar-refractivity contribution in [3.8, 4) is 0 Å². The monoisotopic (exact) mass is 853 g/mol. The van der Waals surface area contributed by atoms with Gasteiger partial charge in [-0.15, -0.1) is 0 Å². The van der Waals surface area contributed by atoms with Crippen LogP contribution in [0.1, 0.15) is 252 Å². The molecule has 0 bridgehead atoms. The van der Waals surface area contributed by atoms with Crippen molar-refractivity contribution >= 4 is 17.9 Å². The fourth-order valence-electron chi connectivity index (χ4n) is 7.08. The van der Waals surface area contributed by atoms with Crippen molar-refractivity contribution in [2.75, 3.05) is 13.2 Å². The van der Waals surface area contributed by atoms with Gasteiger partial charge in [0.2, 0.25) is 0 Å². The number of rotatable bonds is 46. The van der Waals surface area contributed by atoms with E-state index in [-0.39, 0.29) is 37.5 Å². The van der Waals surface area contributed by atoms with Crippen LogP contribution in [0.3, 0.4) is 0 Å². The zero-order valence-electron chi connectivity index (χ0n) is 40.2. The lowest BCUT2D eigenvalue weighted by Gasteiger charge is -2.18. The predicted molar refractivity (Wildman–Crippen MR) is 261 cm³/mol. The zero-order chi connectivity index (χ0) is 44.4. The van der Waals surface area contributed by atoms with Crippen molar-refractivity contribution in [2.24, 2.45) is 0 Å². The minimum absolute atomic E-state index is 0.0938. The van der Waals surface area contributed by atoms with Crippen molar-refractivity contribution in [1.29, 1.82) is 0 Å². The first kappa shape index (κ1) is 58.1. The van der Waals surface area contributed by atoms with Gasteiger partial charge in [0, 0.05) is 19.3 Å². The molecule has 0 saturated heterocycles. The molecule has 6 nitrogen and oxygen atoms in total. The maximum Gasteiger partial charge on any atom is 0.306 e. The lowest BCUT2D eigenvalue weighted by molar-refractivity contribution is -0.167. The first-order chi connectivity index (χ1) is 30.0. The van der Waals surface area contributed by atoms with Gasteiger partial charge in [-0.3, -0.25) is 14.4 Å². The second-order valence-electron chi connectivity index (χ2n) is 17.1. The Labute approximate surface area is 377 Å². The average Bonchev–Trinajstić information content (AvgIpc) is 3.26. The van der Waals surface area contributed by atoms with Crippen LogP contribution in [-0.2, 0) is 28.6 Å². The highest BCUT2D eigenvalue weighted by Crippen LogP contribution is 2.15. The predicted octanol–water partition coefficient (Wildman–Crippen LogP) is 16.9. The van der Waals surface area contributed by atoms with Gasteiger partial charge in [-0.05, 0) is 83.5 Å². The number of ether oxygens (including phenoxy) is 3. The standard InChI is InChI=1S/C55H96O6/c1-4-7-10-13-16-19-22-25-27-28-29-31-33-36-39-42-45-48-54(57)60-51-52(50-59-53(56)47-44-41-38-35-32-24-21-18-15-12-9-6-3)61-55(58)49-46-43-40-37-34-30-26-23-20-17-14-11-8-5-2/h16,18-19,21,25,27,29,31,36,39,52H,4-15,17,20,22-24,26,28,30,32-35,37-38,40-51H2,1-3H3/b19-16-,21-18-,27-25-,31-29-,39-36-. The molecule has 0 saturated carbocycles. The highest BCUT2D eigenvalue weighted by atomic mass is 16.6. The molecule has 0 aromatic heterocycles. The van der Waals surface area contributed by atoms with Gasteiger partial charge in [0.05, 0.1) is 0 Å². The van der Waals surface area contributed by atoms with E-state index in [9.17, 15) is 14.4 Å². The summed E-state index contributed by atoms with van der Waals surface area (Å²) in [5.74, 6) is -0.956. The summed E-state index contributed by atoms with van der Waals surface area (Å²) in [7, 11) is 0. The molecule has 6 heteroatoms. The highest BCUT2D eigenvalue weighted by Gasteiger charge is 2.19. The van der Waals surface area contributed by atoms with Crippen molar-refractivity contribution in [1.82, 2.24) is 0 Å². The van der Waals surface area contributed by atoms with Crippen molar-refractivity contribution in [3.63, 3.8) is 0 Å². The summed E-state index contributed by atoms with van der Waals surface area (Å²) in [6, 6.07) is 0. The Kier molecular flexibility index (Phi) is 47.4. The average molecular weight is 853 g/mol. The molecule has 61 heavy (non-hydrogen) atoms. The lowest BCUT2D eigenvalue weighted by atomic mass is 10.0. The number of allylic oxidation sites excluding steroid dienone is 10. The molecular weight excluding hydrogens is 757 g/mol. The Morgan fingerprint density at radius 3 is 1.03 bits per heavy atom. The van der Waals surface area contributed by atoms with Gasteiger partial charge in [-0.25, -0.2) is 0 Å². The maximum atomic E-state index is 12.8. The van der Waals surface area contributed by atoms with Gasteiger partial charge in [0.1, 0.15) is 13.2 Å². The van der Waals surface area contributed by atoms with Gasteiger partial charge in [-0.2, -0.15) is 0 Å². The smallest absolute Gasteiger partial charge is 0.306 e. The van der Waals surface area contributed by atoms with Crippen molar-refractivity contribution < 1.29 is 28.6 Å². The summed E-state index contributed by atoms with van der Waals surface area (Å²) >= 11 is 0. The molecule has 0 rings (SSSR count). The molecule has 0 aromatic rings. The highest BCUT2D eigenvalue weighted by molar-refractivity contribution is 5.71. The molecule has 0 aliphatic heterocycles. The van der Waals surface area contributed by atoms with E-state index in [4.69, 9.17) is 14.2 Å². The Hall–Kier alpha value is -2.89. The van der Waals surface area contributed by atoms with Crippen LogP contribution in [0, 0.1) is 0 Å². The number of hydrogen-bond donors (Lipinski definition) is 0. The summed E-state index contributed by atoms with van der Waals surface area (Å²) < 4.78 is 16.7. The van der Waals surface area contributed by atoms with Gasteiger partial charge >= 0.3 is 17.9 Å². The molecule has 0 aromatic carbocycles. The van der Waals surface area contributed by atoms with Gasteiger partial charge in [0.25, 0.3) is 0 Å². The summed E-state index contributed by atoms with van der Waals surface area (Å²) in [5.41, 5.74) is 0. The molecule has 1 atom stereocenters. The van der Waals surface area contributed by atoms with E-state index in [0.29, 0.717) is 19.3 Å². The minimum Gasteiger partial charge on any atom is -0.462 e. The van der Waals surface area contributed by atoms with Gasteiger partial charge in [-0.1, -0.05) is 210 Å². The molecule has 0 N–H and O–H groups in total. The molecule has 0 fully saturated rings. The first-order valence-corrected chi connectivity index (χ1v) is 25.8. The normalized spacial score (nSPS) is 12.5. The van der Waals surface area contributed by atoms with Crippen LogP contribution in [0.4, 0.5) is 0 Å². The fourth-order valence-corrected chi connectivity index (χ4v) is 7.08. The van der Waals surface area contributed by atoms with Crippen LogP contribution < -0.4 is 0 Å². The third-order valence-corrected chi connectivity index (χ3v) is 11.0. The maximum absolute atomic E-state index is 12.8. The van der Waals surface area contributed by atoms with Crippen LogP contribution in [0.5, 0.6) is 0 Å². The second-order valence-corrected chi connectivity index (χ2v) is 17.1. The van der Waals surface area contributed by atoms with E-state index >= 15 is 0 Å². The largest absolute Gasteiger partial charge is 0.462 e. The summed E-state index contributed by atoms with van der Waals surface area (Å²) in [5, 5.41) is 0. The summed E-state index contributed by atoms with van der Waals surface area (Å²) in [4.78, 5) is 37.9. The van der Waals surface area contributed by atoms with Crippen LogP contribution in [0.2, 0.25) is 0 Å². The summed E-state index contributed by atoms with van der Waals surface area (Å²) in [6.45, 7) is 6.54. The number of hydrogen-bond acceptors (Lipinski definition) is 6. The van der Waals surface area contributed by atoms with Crippen molar-refractivity contribution in [2.45, 2.75) is 258 Å². The fraction of sp³-hybridized carbons (Fsp3) is 0.764. The SMILES string of the molecule is CCCCC/C=C\C/C=C\C/C=C\C/C=C\CCCC(=O)OCC(COC(=O)CCCCCCC/C=C\CCCCC)OC(=O)CCCCCCCCCCCCCCCC. The number of carbonyl (C=O) groups is 3. The van der Waals surface area contributed by atoms with E-state index in [0.717, 1.165) is 70.6 Å². The Balaban J connectivity index is 4.46. The number of carbonyl (C=O) groups excluding carboxylic acids is 3. The molecule has 0 radical (unpaired) electrons. The van der Waals surface area contributed by atoms with E-state index in [1.165, 1.54) is 135 Å². The Morgan fingerprint density at radius 2 is 0.607 bits per heavy atom. The lowest BCUT2D eigenvalue weighted by Crippen LogP contribution is -2.30. The number of unbranched alkanes of at least 4 members (excludes halogenated alkanes) is 25. The number of esters is 3. The quantitative estimate of drug-likeness (QED) is 0.0263. The molecule has 0 amide bonds. The molecule has 0 aliphatic rings. The van der Waals surface area contributed by atoms with Gasteiger partial charge < -0.3 is 14.2 Å². The molecule has 0 spiro atoms. The van der Waals surface area contributed by atoms with E-state index in [2.05, 4.69) is 81.5 Å². The Bertz CT molecular complexity index is 1120. The summed E-state index contributed by atoms with van der Waals surface area (Å²) in [6.07, 6.45) is 60.6. The zero-order valence-corrected chi connectivity index (χ0v) is 40.2. The molecule has 1 unspecified atom stereocenters. The molecule has 0 heterocycles. The first-order valence-electron chi connectivity index (χ1n) is 25.8. The van der Waals surface area contributed by atoms with Crippen LogP contribution in [0.25, 0.3) is 0 Å². The second kappa shape index (κ2) is 49.8. The molecule has 0 aliphatic carbocycles. The topological polar surface area (TPSA) is 78.9 Å². The van der Waals surface area contributed by atoms with E-state index < -0.39 is 6.10 Å². The van der Waals surface area contributed by atoms with Gasteiger partial charge in [0.15, 0.2) is 6.10 Å². The van der Waals surface area contributed by atoms with Crippen LogP contribution in [-0.4, -0.2) is 37.2 Å².